The van der Waals surface area contributed by atoms with Crippen molar-refractivity contribution in [2.24, 2.45) is 0 Å². The Bertz CT molecular complexity index is 5010. The van der Waals surface area contributed by atoms with Crippen LogP contribution < -0.4 is 0 Å². The number of fused-ring (bicyclic) bond motifs is 4. The number of benzene rings is 10. The van der Waals surface area contributed by atoms with Crippen LogP contribution in [0.3, 0.4) is 0 Å². The molecule has 85 heavy (non-hydrogen) atoms. The molecule has 12 rings (SSSR count). The molecule has 0 saturated carbocycles. The van der Waals surface area contributed by atoms with Gasteiger partial charge >= 0.3 is 6.18 Å². The third-order valence-electron chi connectivity index (χ3n) is 15.5. The Morgan fingerprint density at radius 2 is 0.906 bits per heavy atom. The zero-order valence-corrected chi connectivity index (χ0v) is 45.2. The van der Waals surface area contributed by atoms with Crippen LogP contribution in [0.2, 0.25) is 0 Å². The van der Waals surface area contributed by atoms with Crippen molar-refractivity contribution >= 4 is 44.4 Å². The SMILES string of the molecule is C=C/C(=C\c1c(C)n(-c2cccc(C#N)c2-c2cc(-c3cc(C(F)(F)F)ccc3C#N)ccc2-n2c3ccc(-c4cccc(C#N)c4)cc3c3cc(-c4cccc(C#N)c4)ccc32)c2ccc(-c3cccc(C#N)c3)cc12)c1cccc(C#N)c1. The smallest absolute Gasteiger partial charge is 0.313 e. The summed E-state index contributed by atoms with van der Waals surface area (Å²) in [5, 5.41) is 64.0. The molecule has 11 heteroatoms. The molecule has 0 aliphatic rings. The number of aromatic nitrogens is 2. The van der Waals surface area contributed by atoms with Gasteiger partial charge in [-0.3, -0.25) is 0 Å². The highest BCUT2D eigenvalue weighted by molar-refractivity contribution is 6.13. The topological polar surface area (TPSA) is 153 Å². The molecule has 0 aliphatic carbocycles. The molecular weight excluding hydrogens is 1060 g/mol. The Hall–Kier alpha value is -12.3. The van der Waals surface area contributed by atoms with Gasteiger partial charge in [-0.05, 0) is 190 Å². The van der Waals surface area contributed by atoms with Crippen molar-refractivity contribution in [2.45, 2.75) is 13.1 Å². The van der Waals surface area contributed by atoms with Gasteiger partial charge in [-0.15, -0.1) is 0 Å². The molecular formula is C74H41F3N8. The van der Waals surface area contributed by atoms with Gasteiger partial charge in [0.25, 0.3) is 0 Å². The van der Waals surface area contributed by atoms with Crippen LogP contribution >= 0.6 is 0 Å². The van der Waals surface area contributed by atoms with E-state index < -0.39 is 11.7 Å². The average molecular weight is 1100 g/mol. The van der Waals surface area contributed by atoms with Crippen molar-refractivity contribution < 1.29 is 13.2 Å². The quantitative estimate of drug-likeness (QED) is 0.124. The Morgan fingerprint density at radius 1 is 0.424 bits per heavy atom. The predicted octanol–water partition coefficient (Wildman–Crippen LogP) is 18.3. The first-order chi connectivity index (χ1) is 41.3. The fourth-order valence-corrected chi connectivity index (χ4v) is 11.5. The van der Waals surface area contributed by atoms with Crippen molar-refractivity contribution in [1.29, 1.82) is 31.6 Å². The predicted molar refractivity (Wildman–Crippen MR) is 327 cm³/mol. The minimum absolute atomic E-state index is 0.0106. The summed E-state index contributed by atoms with van der Waals surface area (Å²) < 4.78 is 48.1. The molecule has 398 valence electrons. The molecule has 0 atom stereocenters. The molecule has 10 aromatic carbocycles. The van der Waals surface area contributed by atoms with Crippen molar-refractivity contribution in [3.8, 4) is 103 Å². The number of alkyl halides is 3. The Kier molecular flexibility index (Phi) is 13.6. The molecule has 12 aromatic rings. The lowest BCUT2D eigenvalue weighted by atomic mass is 9.91. The lowest BCUT2D eigenvalue weighted by Crippen LogP contribution is -2.06. The van der Waals surface area contributed by atoms with Crippen LogP contribution in [-0.4, -0.2) is 9.13 Å². The highest BCUT2D eigenvalue weighted by Crippen LogP contribution is 2.46. The van der Waals surface area contributed by atoms with E-state index in [4.69, 9.17) is 0 Å². The number of hydrogen-bond donors (Lipinski definition) is 0. The van der Waals surface area contributed by atoms with Crippen molar-refractivity contribution in [3.63, 3.8) is 0 Å². The van der Waals surface area contributed by atoms with E-state index in [0.29, 0.717) is 44.8 Å². The highest BCUT2D eigenvalue weighted by Gasteiger charge is 2.32. The molecule has 0 radical (unpaired) electrons. The van der Waals surface area contributed by atoms with E-state index in [-0.39, 0.29) is 22.3 Å². The number of rotatable bonds is 10. The highest BCUT2D eigenvalue weighted by atomic mass is 19.4. The number of nitriles is 6. The first-order valence-corrected chi connectivity index (χ1v) is 26.7. The van der Waals surface area contributed by atoms with Crippen molar-refractivity contribution in [1.82, 2.24) is 9.13 Å². The molecule has 0 unspecified atom stereocenters. The summed E-state index contributed by atoms with van der Waals surface area (Å²) in [6, 6.07) is 74.6. The lowest BCUT2D eigenvalue weighted by molar-refractivity contribution is -0.137. The van der Waals surface area contributed by atoms with Gasteiger partial charge in [-0.25, -0.2) is 0 Å². The van der Waals surface area contributed by atoms with E-state index in [1.165, 1.54) is 6.07 Å². The van der Waals surface area contributed by atoms with E-state index in [1.807, 2.05) is 128 Å². The second-order valence-electron chi connectivity index (χ2n) is 20.4. The summed E-state index contributed by atoms with van der Waals surface area (Å²) >= 11 is 0. The van der Waals surface area contributed by atoms with Gasteiger partial charge in [-0.1, -0.05) is 91.5 Å². The number of nitrogens with zero attached hydrogens (tertiary/aromatic N) is 8. The van der Waals surface area contributed by atoms with E-state index in [1.54, 1.807) is 60.7 Å². The molecule has 0 saturated heterocycles. The Morgan fingerprint density at radius 3 is 1.42 bits per heavy atom. The molecule has 2 aromatic heterocycles. The molecule has 2 heterocycles. The zero-order chi connectivity index (χ0) is 59.1. The Labute approximate surface area is 487 Å². The van der Waals surface area contributed by atoms with Crippen LogP contribution in [0.25, 0.3) is 111 Å². The van der Waals surface area contributed by atoms with Gasteiger partial charge in [0.1, 0.15) is 0 Å². The standard InChI is InChI=1S/C74H41F3N8/c1-3-50(51-13-4-9-46(29-51)39-78)33-62-45(2)84(68-25-20-55(34-64(62)68)52-14-5-10-47(30-52)40-79)72-18-8-17-60(44-83)73(72)67-37-58(63-38-61(74(75,76)77)24-19-59(63)43-82)23-28-71(67)85-69-26-21-56(53-15-6-11-48(31-53)41-80)35-65(69)66-36-57(22-27-70(66)85)54-16-7-12-49(32-54)42-81/h3-38H,1H2,2H3/b50-33+. The van der Waals surface area contributed by atoms with E-state index in [9.17, 15) is 44.7 Å². The normalized spacial score (nSPS) is 11.3. The van der Waals surface area contributed by atoms with Crippen LogP contribution in [0.4, 0.5) is 13.2 Å². The van der Waals surface area contributed by atoms with Gasteiger partial charge in [-0.2, -0.15) is 44.7 Å². The van der Waals surface area contributed by atoms with Crippen molar-refractivity contribution in [3.05, 3.63) is 275 Å². The maximum atomic E-state index is 14.7. The minimum atomic E-state index is -4.74. The molecule has 0 bridgehead atoms. The third kappa shape index (κ3) is 9.59. The molecule has 0 N–H and O–H groups in total. The lowest BCUT2D eigenvalue weighted by Gasteiger charge is -2.21. The summed E-state index contributed by atoms with van der Waals surface area (Å²) in [5.41, 5.74) is 13.7. The monoisotopic (exact) mass is 1100 g/mol. The van der Waals surface area contributed by atoms with Crippen LogP contribution in [0.5, 0.6) is 0 Å². The second-order valence-corrected chi connectivity index (χ2v) is 20.4. The summed E-state index contributed by atoms with van der Waals surface area (Å²) in [6.07, 6.45) is -0.995. The van der Waals surface area contributed by atoms with Crippen molar-refractivity contribution in [2.75, 3.05) is 0 Å². The van der Waals surface area contributed by atoms with Gasteiger partial charge in [0, 0.05) is 44.1 Å². The van der Waals surface area contributed by atoms with E-state index >= 15 is 0 Å². The van der Waals surface area contributed by atoms with Gasteiger partial charge in [0.05, 0.1) is 103 Å². The summed E-state index contributed by atoms with van der Waals surface area (Å²) in [5.74, 6) is 0. The van der Waals surface area contributed by atoms with Crippen LogP contribution in [0.15, 0.2) is 219 Å². The molecule has 0 amide bonds. The fourth-order valence-electron chi connectivity index (χ4n) is 11.5. The average Bonchev–Trinajstić information content (AvgIpc) is 2.26. The van der Waals surface area contributed by atoms with Crippen LogP contribution in [0, 0.1) is 74.9 Å². The molecule has 0 aliphatic heterocycles. The molecule has 0 spiro atoms. The summed E-state index contributed by atoms with van der Waals surface area (Å²) in [7, 11) is 0. The molecule has 8 nitrogen and oxygen atoms in total. The van der Waals surface area contributed by atoms with Gasteiger partial charge in [0.15, 0.2) is 0 Å². The second kappa shape index (κ2) is 21.7. The van der Waals surface area contributed by atoms with Crippen LogP contribution in [0.1, 0.15) is 55.8 Å². The first kappa shape index (κ1) is 53.4. The van der Waals surface area contributed by atoms with E-state index in [2.05, 4.69) is 70.3 Å². The van der Waals surface area contributed by atoms with Gasteiger partial charge in [0.2, 0.25) is 0 Å². The maximum absolute atomic E-state index is 14.7. The van der Waals surface area contributed by atoms with Crippen LogP contribution in [-0.2, 0) is 6.18 Å². The third-order valence-corrected chi connectivity index (χ3v) is 15.5. The number of hydrogen-bond acceptors (Lipinski definition) is 6. The zero-order valence-electron chi connectivity index (χ0n) is 45.2. The first-order valence-electron chi connectivity index (χ1n) is 26.7. The maximum Gasteiger partial charge on any atom is 0.416 e. The fraction of sp³-hybridized carbons (Fsp3) is 0.0270. The number of allylic oxidation sites excluding steroid dienone is 2. The Balaban J connectivity index is 1.19. The largest absolute Gasteiger partial charge is 0.416 e. The molecule has 0 fully saturated rings. The van der Waals surface area contributed by atoms with E-state index in [0.717, 1.165) is 101 Å². The van der Waals surface area contributed by atoms with Gasteiger partial charge < -0.3 is 9.13 Å². The minimum Gasteiger partial charge on any atom is -0.313 e. The summed E-state index contributed by atoms with van der Waals surface area (Å²) in [4.78, 5) is 0. The number of halogens is 3. The summed E-state index contributed by atoms with van der Waals surface area (Å²) in [6.45, 7) is 6.16.